The number of aromatic nitrogens is 2. The zero-order valence-electron chi connectivity index (χ0n) is 17.7. The number of Topliss-reactive ketones (excluding diaryl/α,β-unsaturated/α-hetero) is 1. The summed E-state index contributed by atoms with van der Waals surface area (Å²) in [5, 5.41) is 0.842. The quantitative estimate of drug-likeness (QED) is 0.336. The molecule has 1 aromatic carbocycles. The number of fused-ring (bicyclic) bond motifs is 1. The van der Waals surface area contributed by atoms with Crippen molar-refractivity contribution in [1.29, 1.82) is 0 Å². The van der Waals surface area contributed by atoms with Crippen molar-refractivity contribution in [3.63, 3.8) is 0 Å². The molecule has 1 aliphatic heterocycles. The lowest BCUT2D eigenvalue weighted by atomic mass is 9.92. The number of halogens is 1. The van der Waals surface area contributed by atoms with Gasteiger partial charge in [-0.2, -0.15) is 0 Å². The molecule has 0 bridgehead atoms. The third-order valence-corrected chi connectivity index (χ3v) is 6.05. The van der Waals surface area contributed by atoms with Crippen molar-refractivity contribution in [3.05, 3.63) is 76.9 Å². The highest BCUT2D eigenvalue weighted by Crippen LogP contribution is 2.34. The summed E-state index contributed by atoms with van der Waals surface area (Å²) in [5.74, 6) is -0.201. The number of hydrogen-bond donors (Lipinski definition) is 2. The summed E-state index contributed by atoms with van der Waals surface area (Å²) in [5.41, 5.74) is 9.40. The van der Waals surface area contributed by atoms with Crippen LogP contribution in [-0.4, -0.2) is 46.8 Å². The van der Waals surface area contributed by atoms with Gasteiger partial charge in [-0.15, -0.1) is 0 Å². The van der Waals surface area contributed by atoms with Gasteiger partial charge in [0.15, 0.2) is 5.15 Å². The molecule has 0 aliphatic carbocycles. The number of benzene rings is 1. The first-order chi connectivity index (χ1) is 15.4. The number of amides is 1. The van der Waals surface area contributed by atoms with Gasteiger partial charge < -0.3 is 20.4 Å². The Morgan fingerprint density at radius 2 is 1.91 bits per heavy atom. The summed E-state index contributed by atoms with van der Waals surface area (Å²) in [6.45, 7) is 5.17. The summed E-state index contributed by atoms with van der Waals surface area (Å²) < 4.78 is 5.38. The molecule has 0 spiro atoms. The lowest BCUT2D eigenvalue weighted by Gasteiger charge is -2.32. The van der Waals surface area contributed by atoms with Crippen molar-refractivity contribution in [1.82, 2.24) is 14.9 Å². The van der Waals surface area contributed by atoms with E-state index in [1.165, 1.54) is 13.3 Å². The van der Waals surface area contributed by atoms with E-state index < -0.39 is 5.91 Å². The van der Waals surface area contributed by atoms with E-state index in [9.17, 15) is 9.59 Å². The number of nitrogens with zero attached hydrogens (tertiary/aromatic N) is 2. The van der Waals surface area contributed by atoms with E-state index >= 15 is 0 Å². The van der Waals surface area contributed by atoms with Crippen molar-refractivity contribution >= 4 is 39.8 Å². The number of primary amides is 1. The molecule has 8 heteroatoms. The van der Waals surface area contributed by atoms with Gasteiger partial charge in [0.1, 0.15) is 5.75 Å². The van der Waals surface area contributed by atoms with Crippen molar-refractivity contribution in [2.75, 3.05) is 20.2 Å². The molecule has 7 nitrogen and oxygen atoms in total. The van der Waals surface area contributed by atoms with Gasteiger partial charge in [0.25, 0.3) is 0 Å². The average molecular weight is 451 g/mol. The number of aromatic amines is 1. The van der Waals surface area contributed by atoms with Crippen LogP contribution in [0.5, 0.6) is 5.75 Å². The van der Waals surface area contributed by atoms with Gasteiger partial charge in [0, 0.05) is 24.9 Å². The Labute approximate surface area is 190 Å². The maximum absolute atomic E-state index is 13.3. The third kappa shape index (κ3) is 3.87. The Bertz CT molecular complexity index is 1240. The SMILES string of the molecule is C=C(C(=O)c1c[nH]c2c(Cl)ncc(OC)c12)N1CCC(=C(C(N)=O)c2ccccc2)CC1. The van der Waals surface area contributed by atoms with Crippen LogP contribution in [0, 0.1) is 0 Å². The molecule has 4 rings (SSSR count). The van der Waals surface area contributed by atoms with E-state index in [0.29, 0.717) is 59.4 Å². The minimum absolute atomic E-state index is 0.220. The van der Waals surface area contributed by atoms with Crippen LogP contribution in [0.4, 0.5) is 0 Å². The smallest absolute Gasteiger partial charge is 0.249 e. The number of ketones is 1. The second-order valence-corrected chi connectivity index (χ2v) is 7.90. The van der Waals surface area contributed by atoms with Gasteiger partial charge in [0.05, 0.1) is 35.5 Å². The number of nitrogens with two attached hydrogens (primary N) is 1. The van der Waals surface area contributed by atoms with Gasteiger partial charge in [-0.05, 0) is 18.4 Å². The molecule has 3 N–H and O–H groups in total. The normalized spacial score (nSPS) is 13.8. The number of nitrogens with one attached hydrogen (secondary N) is 1. The highest BCUT2D eigenvalue weighted by molar-refractivity contribution is 6.35. The number of hydrogen-bond acceptors (Lipinski definition) is 5. The Kier molecular flexibility index (Phi) is 6.01. The second kappa shape index (κ2) is 8.88. The summed E-state index contributed by atoms with van der Waals surface area (Å²) in [7, 11) is 1.52. The van der Waals surface area contributed by atoms with Crippen LogP contribution in [0.3, 0.4) is 0 Å². The highest BCUT2D eigenvalue weighted by Gasteiger charge is 2.26. The van der Waals surface area contributed by atoms with Gasteiger partial charge >= 0.3 is 0 Å². The average Bonchev–Trinajstić information content (AvgIpc) is 3.26. The van der Waals surface area contributed by atoms with Crippen LogP contribution in [0.2, 0.25) is 5.15 Å². The van der Waals surface area contributed by atoms with Crippen molar-refractivity contribution < 1.29 is 14.3 Å². The van der Waals surface area contributed by atoms with Crippen molar-refractivity contribution in [3.8, 4) is 5.75 Å². The monoisotopic (exact) mass is 450 g/mol. The summed E-state index contributed by atoms with van der Waals surface area (Å²) in [4.78, 5) is 34.4. The number of ether oxygens (including phenoxy) is 1. The molecular weight excluding hydrogens is 428 g/mol. The molecule has 3 aromatic rings. The molecule has 0 saturated carbocycles. The van der Waals surface area contributed by atoms with Crippen LogP contribution in [0.1, 0.15) is 28.8 Å². The number of methoxy groups -OCH3 is 1. The first-order valence-electron chi connectivity index (χ1n) is 10.2. The van der Waals surface area contributed by atoms with Crippen LogP contribution in [-0.2, 0) is 4.79 Å². The van der Waals surface area contributed by atoms with E-state index in [1.54, 1.807) is 6.20 Å². The number of allylic oxidation sites excluding steroid dienone is 1. The fourth-order valence-corrected chi connectivity index (χ4v) is 4.34. The number of likely N-dealkylation sites (tertiary alicyclic amines) is 1. The van der Waals surface area contributed by atoms with E-state index in [1.807, 2.05) is 35.2 Å². The molecule has 0 atom stereocenters. The summed E-state index contributed by atoms with van der Waals surface area (Å²) >= 11 is 6.17. The maximum Gasteiger partial charge on any atom is 0.249 e. The van der Waals surface area contributed by atoms with Gasteiger partial charge in [-0.3, -0.25) is 9.59 Å². The minimum atomic E-state index is -0.439. The molecule has 32 heavy (non-hydrogen) atoms. The van der Waals surface area contributed by atoms with E-state index in [4.69, 9.17) is 22.1 Å². The summed E-state index contributed by atoms with van der Waals surface area (Å²) in [6, 6.07) is 9.42. The number of carbonyl (C=O) groups is 2. The number of rotatable bonds is 6. The lowest BCUT2D eigenvalue weighted by Crippen LogP contribution is -2.33. The molecule has 3 heterocycles. The zero-order valence-corrected chi connectivity index (χ0v) is 18.4. The van der Waals surface area contributed by atoms with Crippen LogP contribution in [0.25, 0.3) is 16.5 Å². The molecule has 164 valence electrons. The Morgan fingerprint density at radius 1 is 1.22 bits per heavy atom. The van der Waals surface area contributed by atoms with Gasteiger partial charge in [0.2, 0.25) is 11.7 Å². The number of piperidine rings is 1. The molecular formula is C24H23ClN4O3. The van der Waals surface area contributed by atoms with Crippen LogP contribution >= 0.6 is 11.6 Å². The minimum Gasteiger partial charge on any atom is -0.494 e. The second-order valence-electron chi connectivity index (χ2n) is 7.54. The fraction of sp³-hybridized carbons (Fsp3) is 0.208. The number of pyridine rings is 1. The van der Waals surface area contributed by atoms with Crippen molar-refractivity contribution in [2.45, 2.75) is 12.8 Å². The predicted molar refractivity (Wildman–Crippen MR) is 124 cm³/mol. The Hall–Kier alpha value is -3.58. The fourth-order valence-electron chi connectivity index (χ4n) is 4.14. The molecule has 1 fully saturated rings. The molecule has 1 amide bonds. The number of H-pyrrole nitrogens is 1. The summed E-state index contributed by atoms with van der Waals surface area (Å²) in [6.07, 6.45) is 4.33. The molecule has 2 aromatic heterocycles. The van der Waals surface area contributed by atoms with Gasteiger partial charge in [-0.1, -0.05) is 54.1 Å². The van der Waals surface area contributed by atoms with Gasteiger partial charge in [-0.25, -0.2) is 4.98 Å². The topological polar surface area (TPSA) is 101 Å². The van der Waals surface area contributed by atoms with Crippen LogP contribution in [0.15, 0.2) is 60.6 Å². The Morgan fingerprint density at radius 3 is 2.53 bits per heavy atom. The van der Waals surface area contributed by atoms with E-state index in [-0.39, 0.29) is 10.9 Å². The predicted octanol–water partition coefficient (Wildman–Crippen LogP) is 3.96. The highest BCUT2D eigenvalue weighted by atomic mass is 35.5. The van der Waals surface area contributed by atoms with Crippen molar-refractivity contribution in [2.24, 2.45) is 5.73 Å². The van der Waals surface area contributed by atoms with Crippen LogP contribution < -0.4 is 10.5 Å². The maximum atomic E-state index is 13.3. The Balaban J connectivity index is 1.57. The zero-order chi connectivity index (χ0) is 22.8. The largest absolute Gasteiger partial charge is 0.494 e. The molecule has 1 aliphatic rings. The first kappa shape index (κ1) is 21.6. The van der Waals surface area contributed by atoms with E-state index in [2.05, 4.69) is 16.5 Å². The number of carbonyl (C=O) groups excluding carboxylic acids is 2. The molecule has 0 unspecified atom stereocenters. The third-order valence-electron chi connectivity index (χ3n) is 5.77. The first-order valence-corrected chi connectivity index (χ1v) is 10.6. The lowest BCUT2D eigenvalue weighted by molar-refractivity contribution is -0.112. The molecule has 1 saturated heterocycles. The van der Waals surface area contributed by atoms with E-state index in [0.717, 1.165) is 11.1 Å². The molecule has 0 radical (unpaired) electrons. The standard InChI is InChI=1S/C24H23ClN4O3/c1-14(22(30)17-12-27-21-20(17)18(32-2)13-28-23(21)25)29-10-8-16(9-11-29)19(24(26)31)15-6-4-3-5-7-15/h3-7,12-13,27H,1,8-11H2,2H3,(H2,26,31).